The standard InChI is InChI=1S/C28H34N2O6/c1-7-30-25(31)22-23(26(30)32)28(15-16(2)3,27(33)36-6)29-24(22)18-10-13-20(21(14-18)35-5)17-8-11-19(34-4)12-9-17/h8-14,16,22-24,29H,7,15H2,1-6H3/t22?,23?,24?,28-/m1/s1. The highest BCUT2D eigenvalue weighted by Crippen LogP contribution is 2.52. The van der Waals surface area contributed by atoms with Gasteiger partial charge in [0.15, 0.2) is 0 Å². The second kappa shape index (κ2) is 9.93. The van der Waals surface area contributed by atoms with Crippen LogP contribution < -0.4 is 14.8 Å². The zero-order chi connectivity index (χ0) is 26.2. The zero-order valence-electron chi connectivity index (χ0n) is 21.7. The molecule has 2 heterocycles. The lowest BCUT2D eigenvalue weighted by Crippen LogP contribution is -2.57. The van der Waals surface area contributed by atoms with Crippen LogP contribution in [-0.2, 0) is 19.1 Å². The van der Waals surface area contributed by atoms with Crippen LogP contribution in [0.2, 0.25) is 0 Å². The Hall–Kier alpha value is -3.39. The first-order valence-corrected chi connectivity index (χ1v) is 12.3. The number of esters is 1. The second-order valence-corrected chi connectivity index (χ2v) is 9.80. The van der Waals surface area contributed by atoms with Crippen LogP contribution in [0, 0.1) is 17.8 Å². The molecule has 2 amide bonds. The number of likely N-dealkylation sites (tertiary alicyclic amines) is 1. The SMILES string of the molecule is CCN1C(=O)C2C(c3ccc(-c4ccc(OC)cc4)c(OC)c3)N[C@@](CC(C)C)(C(=O)OC)C2C1=O. The predicted octanol–water partition coefficient (Wildman–Crippen LogP) is 3.59. The molecule has 3 unspecified atom stereocenters. The smallest absolute Gasteiger partial charge is 0.326 e. The maximum atomic E-state index is 13.5. The van der Waals surface area contributed by atoms with Crippen molar-refractivity contribution >= 4 is 17.8 Å². The van der Waals surface area contributed by atoms with Gasteiger partial charge in [-0.1, -0.05) is 38.1 Å². The van der Waals surface area contributed by atoms with Crippen LogP contribution in [0.5, 0.6) is 11.5 Å². The van der Waals surface area contributed by atoms with Crippen LogP contribution in [0.25, 0.3) is 11.1 Å². The molecule has 1 N–H and O–H groups in total. The number of carbonyl (C=O) groups excluding carboxylic acids is 3. The van der Waals surface area contributed by atoms with Gasteiger partial charge in [0.05, 0.1) is 33.2 Å². The molecule has 8 heteroatoms. The third kappa shape index (κ3) is 4.03. The number of nitrogens with zero attached hydrogens (tertiary/aromatic N) is 1. The summed E-state index contributed by atoms with van der Waals surface area (Å²) < 4.78 is 16.2. The topological polar surface area (TPSA) is 94.2 Å². The van der Waals surface area contributed by atoms with Gasteiger partial charge in [-0.3, -0.25) is 24.6 Å². The van der Waals surface area contributed by atoms with Gasteiger partial charge in [-0.15, -0.1) is 0 Å². The number of hydrogen-bond donors (Lipinski definition) is 1. The molecule has 2 aromatic rings. The van der Waals surface area contributed by atoms with Crippen LogP contribution in [0.3, 0.4) is 0 Å². The van der Waals surface area contributed by atoms with E-state index in [-0.39, 0.29) is 24.3 Å². The Labute approximate surface area is 211 Å². The van der Waals surface area contributed by atoms with E-state index in [0.29, 0.717) is 12.2 Å². The number of ether oxygens (including phenoxy) is 3. The van der Waals surface area contributed by atoms with Gasteiger partial charge in [0.25, 0.3) is 0 Å². The van der Waals surface area contributed by atoms with Crippen molar-refractivity contribution in [3.63, 3.8) is 0 Å². The van der Waals surface area contributed by atoms with Crippen LogP contribution in [0.1, 0.15) is 38.8 Å². The normalized spacial score (nSPS) is 25.3. The molecule has 2 aliphatic heterocycles. The fourth-order valence-electron chi connectivity index (χ4n) is 5.86. The zero-order valence-corrected chi connectivity index (χ0v) is 21.7. The first kappa shape index (κ1) is 25.7. The molecular formula is C28H34N2O6. The number of hydrogen-bond acceptors (Lipinski definition) is 7. The van der Waals surface area contributed by atoms with E-state index in [4.69, 9.17) is 14.2 Å². The fourth-order valence-corrected chi connectivity index (χ4v) is 5.86. The summed E-state index contributed by atoms with van der Waals surface area (Å²) in [5.41, 5.74) is 1.30. The van der Waals surface area contributed by atoms with Crippen molar-refractivity contribution in [3.8, 4) is 22.6 Å². The second-order valence-electron chi connectivity index (χ2n) is 9.80. The number of fused-ring (bicyclic) bond motifs is 1. The van der Waals surface area contributed by atoms with Crippen LogP contribution in [0.15, 0.2) is 42.5 Å². The maximum Gasteiger partial charge on any atom is 0.326 e. The van der Waals surface area contributed by atoms with Crippen molar-refractivity contribution < 1.29 is 28.6 Å². The molecule has 0 radical (unpaired) electrons. The van der Waals surface area contributed by atoms with Crippen molar-refractivity contribution in [3.05, 3.63) is 48.0 Å². The Morgan fingerprint density at radius 1 is 1.03 bits per heavy atom. The summed E-state index contributed by atoms with van der Waals surface area (Å²) in [6, 6.07) is 12.8. The van der Waals surface area contributed by atoms with Gasteiger partial charge in [0.2, 0.25) is 11.8 Å². The first-order valence-electron chi connectivity index (χ1n) is 12.3. The average Bonchev–Trinajstić information content (AvgIpc) is 3.36. The van der Waals surface area contributed by atoms with Crippen molar-refractivity contribution in [1.29, 1.82) is 0 Å². The monoisotopic (exact) mass is 494 g/mol. The molecule has 2 fully saturated rings. The van der Waals surface area contributed by atoms with E-state index in [1.165, 1.54) is 12.0 Å². The summed E-state index contributed by atoms with van der Waals surface area (Å²) in [6.45, 7) is 6.00. The van der Waals surface area contributed by atoms with Gasteiger partial charge in [0.1, 0.15) is 17.0 Å². The molecule has 4 atom stereocenters. The van der Waals surface area contributed by atoms with Gasteiger partial charge in [0, 0.05) is 18.2 Å². The van der Waals surface area contributed by atoms with Crippen LogP contribution in [-0.4, -0.2) is 56.1 Å². The number of benzene rings is 2. The van der Waals surface area contributed by atoms with E-state index >= 15 is 0 Å². The van der Waals surface area contributed by atoms with Crippen LogP contribution in [0.4, 0.5) is 0 Å². The molecule has 2 aliphatic rings. The van der Waals surface area contributed by atoms with Crippen molar-refractivity contribution in [2.45, 2.75) is 38.8 Å². The van der Waals surface area contributed by atoms with Crippen LogP contribution >= 0.6 is 0 Å². The molecule has 4 rings (SSSR count). The quantitative estimate of drug-likeness (QED) is 0.443. The lowest BCUT2D eigenvalue weighted by atomic mass is 9.75. The Kier molecular flexibility index (Phi) is 7.09. The highest BCUT2D eigenvalue weighted by atomic mass is 16.5. The van der Waals surface area contributed by atoms with Gasteiger partial charge >= 0.3 is 5.97 Å². The maximum absolute atomic E-state index is 13.5. The third-order valence-corrected chi connectivity index (χ3v) is 7.33. The first-order chi connectivity index (χ1) is 17.2. The van der Waals surface area contributed by atoms with Crippen molar-refractivity contribution in [2.24, 2.45) is 17.8 Å². The molecule has 0 aromatic heterocycles. The van der Waals surface area contributed by atoms with Gasteiger partial charge in [-0.25, -0.2) is 0 Å². The Morgan fingerprint density at radius 2 is 1.72 bits per heavy atom. The lowest BCUT2D eigenvalue weighted by Gasteiger charge is -2.33. The molecular weight excluding hydrogens is 460 g/mol. The highest BCUT2D eigenvalue weighted by Gasteiger charge is 2.68. The largest absolute Gasteiger partial charge is 0.497 e. The minimum atomic E-state index is -1.29. The molecule has 0 spiro atoms. The van der Waals surface area contributed by atoms with Gasteiger partial charge < -0.3 is 14.2 Å². The van der Waals surface area contributed by atoms with E-state index in [1.54, 1.807) is 21.1 Å². The van der Waals surface area contributed by atoms with E-state index in [1.807, 2.05) is 56.3 Å². The molecule has 2 saturated heterocycles. The highest BCUT2D eigenvalue weighted by molar-refractivity contribution is 6.09. The Balaban J connectivity index is 1.81. The number of methoxy groups -OCH3 is 3. The third-order valence-electron chi connectivity index (χ3n) is 7.33. The van der Waals surface area contributed by atoms with Gasteiger partial charge in [-0.2, -0.15) is 0 Å². The molecule has 0 bridgehead atoms. The Bertz CT molecular complexity index is 1160. The summed E-state index contributed by atoms with van der Waals surface area (Å²) >= 11 is 0. The lowest BCUT2D eigenvalue weighted by molar-refractivity contribution is -0.155. The minimum absolute atomic E-state index is 0.0848. The number of rotatable bonds is 8. The Morgan fingerprint density at radius 3 is 2.28 bits per heavy atom. The summed E-state index contributed by atoms with van der Waals surface area (Å²) in [4.78, 5) is 41.4. The number of amides is 2. The molecule has 0 aliphatic carbocycles. The molecule has 0 saturated carbocycles. The summed E-state index contributed by atoms with van der Waals surface area (Å²) in [5.74, 6) is -1.20. The fraction of sp³-hybridized carbons (Fsp3) is 0.464. The number of imide groups is 1. The molecule has 8 nitrogen and oxygen atoms in total. The van der Waals surface area contributed by atoms with Crippen molar-refractivity contribution in [2.75, 3.05) is 27.9 Å². The van der Waals surface area contributed by atoms with E-state index in [2.05, 4.69) is 5.32 Å². The van der Waals surface area contributed by atoms with Gasteiger partial charge in [-0.05, 0) is 48.6 Å². The molecule has 192 valence electrons. The summed E-state index contributed by atoms with van der Waals surface area (Å²) in [6.07, 6.45) is 0.370. The molecule has 36 heavy (non-hydrogen) atoms. The number of nitrogens with one attached hydrogen (secondary N) is 1. The van der Waals surface area contributed by atoms with E-state index < -0.39 is 29.4 Å². The molecule has 2 aromatic carbocycles. The number of carbonyl (C=O) groups is 3. The summed E-state index contributed by atoms with van der Waals surface area (Å²) in [7, 11) is 4.53. The van der Waals surface area contributed by atoms with E-state index in [0.717, 1.165) is 22.4 Å². The average molecular weight is 495 g/mol. The minimum Gasteiger partial charge on any atom is -0.497 e. The summed E-state index contributed by atoms with van der Waals surface area (Å²) in [5, 5.41) is 3.42. The van der Waals surface area contributed by atoms with Crippen molar-refractivity contribution in [1.82, 2.24) is 10.2 Å². The van der Waals surface area contributed by atoms with E-state index in [9.17, 15) is 14.4 Å². The predicted molar refractivity (Wildman–Crippen MR) is 134 cm³/mol.